The van der Waals surface area contributed by atoms with Crippen LogP contribution in [0.25, 0.3) is 11.1 Å². The lowest BCUT2D eigenvalue weighted by atomic mass is 10.0. The first-order valence-corrected chi connectivity index (χ1v) is 11.5. The summed E-state index contributed by atoms with van der Waals surface area (Å²) in [6.45, 7) is 3.16. The third-order valence-corrected chi connectivity index (χ3v) is 6.25. The maximum atomic E-state index is 12.5. The van der Waals surface area contributed by atoms with E-state index >= 15 is 0 Å². The van der Waals surface area contributed by atoms with E-state index in [4.69, 9.17) is 0 Å². The highest BCUT2D eigenvalue weighted by Gasteiger charge is 2.23. The smallest absolute Gasteiger partial charge is 0.220 e. The fraction of sp³-hybridized carbons (Fsp3) is 0.286. The second kappa shape index (κ2) is 10.9. The number of amides is 1. The number of ketones is 1. The first-order valence-electron chi connectivity index (χ1n) is 11.5. The lowest BCUT2D eigenvalue weighted by Crippen LogP contribution is -3.12. The quantitative estimate of drug-likeness (QED) is 0.539. The van der Waals surface area contributed by atoms with Crippen molar-refractivity contribution >= 4 is 11.7 Å². The topological polar surface area (TPSA) is 50.6 Å². The summed E-state index contributed by atoms with van der Waals surface area (Å²) in [5, 5.41) is 3.14. The first kappa shape index (κ1) is 22.0. The predicted molar refractivity (Wildman–Crippen MR) is 127 cm³/mol. The molecule has 2 N–H and O–H groups in total. The Kier molecular flexibility index (Phi) is 7.47. The van der Waals surface area contributed by atoms with Crippen molar-refractivity contribution in [1.82, 2.24) is 5.32 Å². The van der Waals surface area contributed by atoms with Gasteiger partial charge in [-0.25, -0.2) is 0 Å². The lowest BCUT2D eigenvalue weighted by molar-refractivity contribution is -0.918. The molecule has 0 bridgehead atoms. The maximum absolute atomic E-state index is 12.5. The van der Waals surface area contributed by atoms with Gasteiger partial charge in [0.05, 0.1) is 13.1 Å². The van der Waals surface area contributed by atoms with Crippen LogP contribution in [0.15, 0.2) is 84.9 Å². The third kappa shape index (κ3) is 6.14. The van der Waals surface area contributed by atoms with Crippen molar-refractivity contribution in [3.63, 3.8) is 0 Å². The molecule has 0 aliphatic carbocycles. The molecule has 3 aromatic carbocycles. The molecule has 0 spiro atoms. The van der Waals surface area contributed by atoms with Crippen LogP contribution in [0.5, 0.6) is 0 Å². The van der Waals surface area contributed by atoms with Gasteiger partial charge in [0, 0.05) is 42.9 Å². The van der Waals surface area contributed by atoms with Gasteiger partial charge in [-0.3, -0.25) is 9.59 Å². The third-order valence-electron chi connectivity index (χ3n) is 6.25. The van der Waals surface area contributed by atoms with Gasteiger partial charge in [-0.1, -0.05) is 84.9 Å². The molecule has 1 amide bonds. The van der Waals surface area contributed by atoms with Crippen molar-refractivity contribution in [3.8, 4) is 11.1 Å². The molecule has 0 radical (unpaired) electrons. The molecule has 4 nitrogen and oxygen atoms in total. The zero-order chi connectivity index (χ0) is 22.2. The van der Waals surface area contributed by atoms with E-state index in [1.165, 1.54) is 5.56 Å². The van der Waals surface area contributed by atoms with E-state index in [0.29, 0.717) is 5.56 Å². The predicted octanol–water partition coefficient (Wildman–Crippen LogP) is 3.68. The number of piperidine rings is 1. The Morgan fingerprint density at radius 1 is 0.750 bits per heavy atom. The average molecular weight is 428 g/mol. The molecule has 4 rings (SSSR count). The van der Waals surface area contributed by atoms with E-state index in [-0.39, 0.29) is 30.6 Å². The van der Waals surface area contributed by atoms with Gasteiger partial charge in [0.2, 0.25) is 5.91 Å². The number of benzene rings is 3. The van der Waals surface area contributed by atoms with E-state index in [1.54, 1.807) is 4.90 Å². The number of likely N-dealkylation sites (tertiary alicyclic amines) is 1. The summed E-state index contributed by atoms with van der Waals surface area (Å²) in [4.78, 5) is 26.5. The first-order chi connectivity index (χ1) is 15.7. The van der Waals surface area contributed by atoms with Crippen LogP contribution >= 0.6 is 0 Å². The van der Waals surface area contributed by atoms with E-state index in [2.05, 4.69) is 41.7 Å². The average Bonchev–Trinajstić information content (AvgIpc) is 2.85. The van der Waals surface area contributed by atoms with Crippen molar-refractivity contribution in [2.45, 2.75) is 38.3 Å². The Labute approximate surface area is 190 Å². The number of carbonyl (C=O) groups excluding carboxylic acids is 2. The second-order valence-corrected chi connectivity index (χ2v) is 8.62. The van der Waals surface area contributed by atoms with Gasteiger partial charge in [-0.05, 0) is 11.1 Å². The molecule has 0 atom stereocenters. The molecule has 0 aromatic heterocycles. The molecule has 32 heavy (non-hydrogen) atoms. The number of Topliss-reactive ketones (excluding diaryl/α,β-unsaturated/α-hetero) is 1. The molecule has 0 unspecified atom stereocenters. The molecule has 1 fully saturated rings. The fourth-order valence-corrected chi connectivity index (χ4v) is 4.38. The number of rotatable bonds is 8. The molecule has 164 valence electrons. The Bertz CT molecular complexity index is 1010. The summed E-state index contributed by atoms with van der Waals surface area (Å²) in [5.41, 5.74) is 4.23. The molecular weight excluding hydrogens is 396 g/mol. The highest BCUT2D eigenvalue weighted by atomic mass is 16.2. The standard InChI is InChI=1S/C28H30N2O2/c31-27(25-13-11-24(12-14-25)23-9-5-2-6-10-23)15-16-28(32)29-26-17-19-30(20-18-26)21-22-7-3-1-4-8-22/h1-14,26H,15-21H2,(H,29,32)/p+1. The van der Waals surface area contributed by atoms with Crippen LogP contribution in [0.2, 0.25) is 0 Å². The SMILES string of the molecule is O=C(CCC(=O)c1ccc(-c2ccccc2)cc1)NC1CC[NH+](Cc2ccccc2)CC1. The fourth-order valence-electron chi connectivity index (χ4n) is 4.38. The van der Waals surface area contributed by atoms with Gasteiger partial charge >= 0.3 is 0 Å². The van der Waals surface area contributed by atoms with Crippen molar-refractivity contribution in [2.75, 3.05) is 13.1 Å². The second-order valence-electron chi connectivity index (χ2n) is 8.62. The zero-order valence-corrected chi connectivity index (χ0v) is 18.4. The van der Waals surface area contributed by atoms with Gasteiger partial charge in [0.25, 0.3) is 0 Å². The molecule has 0 saturated carbocycles. The summed E-state index contributed by atoms with van der Waals surface area (Å²) in [5.74, 6) is -0.00217. The van der Waals surface area contributed by atoms with Crippen molar-refractivity contribution in [1.29, 1.82) is 0 Å². The van der Waals surface area contributed by atoms with Crippen LogP contribution in [0.3, 0.4) is 0 Å². The van der Waals surface area contributed by atoms with Gasteiger partial charge < -0.3 is 10.2 Å². The molecule has 3 aromatic rings. The minimum Gasteiger partial charge on any atom is -0.353 e. The van der Waals surface area contributed by atoms with Gasteiger partial charge in [-0.2, -0.15) is 0 Å². The largest absolute Gasteiger partial charge is 0.353 e. The van der Waals surface area contributed by atoms with E-state index in [0.717, 1.165) is 43.6 Å². The summed E-state index contributed by atoms with van der Waals surface area (Å²) in [6, 6.07) is 28.5. The van der Waals surface area contributed by atoms with Gasteiger partial charge in [0.15, 0.2) is 5.78 Å². The van der Waals surface area contributed by atoms with Gasteiger partial charge in [0.1, 0.15) is 6.54 Å². The van der Waals surface area contributed by atoms with Crippen LogP contribution in [0.1, 0.15) is 41.6 Å². The zero-order valence-electron chi connectivity index (χ0n) is 18.4. The number of quaternary nitrogens is 1. The van der Waals surface area contributed by atoms with Crippen molar-refractivity contribution < 1.29 is 14.5 Å². The van der Waals surface area contributed by atoms with Crippen LogP contribution in [0, 0.1) is 0 Å². The molecule has 1 saturated heterocycles. The van der Waals surface area contributed by atoms with Crippen LogP contribution in [-0.4, -0.2) is 30.8 Å². The Balaban J connectivity index is 1.18. The van der Waals surface area contributed by atoms with Crippen molar-refractivity contribution in [2.24, 2.45) is 0 Å². The van der Waals surface area contributed by atoms with Crippen molar-refractivity contribution in [3.05, 3.63) is 96.1 Å². The summed E-state index contributed by atoms with van der Waals surface area (Å²) in [7, 11) is 0. The Hall–Kier alpha value is -3.24. The number of hydrogen-bond acceptors (Lipinski definition) is 2. The van der Waals surface area contributed by atoms with E-state index in [1.807, 2.05) is 48.5 Å². The molecule has 1 heterocycles. The lowest BCUT2D eigenvalue weighted by Gasteiger charge is -2.29. The molecular formula is C28H31N2O2+. The minimum atomic E-state index is -0.0178. The van der Waals surface area contributed by atoms with Crippen LogP contribution in [-0.2, 0) is 11.3 Å². The number of carbonyl (C=O) groups is 2. The summed E-state index contributed by atoms with van der Waals surface area (Å²) < 4.78 is 0. The van der Waals surface area contributed by atoms with E-state index in [9.17, 15) is 9.59 Å². The number of nitrogens with one attached hydrogen (secondary N) is 2. The van der Waals surface area contributed by atoms with Crippen LogP contribution in [0.4, 0.5) is 0 Å². The Morgan fingerprint density at radius 2 is 1.34 bits per heavy atom. The Morgan fingerprint density at radius 3 is 2.00 bits per heavy atom. The molecule has 1 aliphatic rings. The summed E-state index contributed by atoms with van der Waals surface area (Å²) >= 11 is 0. The monoisotopic (exact) mass is 427 g/mol. The molecule has 1 aliphatic heterocycles. The van der Waals surface area contributed by atoms with E-state index < -0.39 is 0 Å². The minimum absolute atomic E-state index is 0.0156. The maximum Gasteiger partial charge on any atom is 0.220 e. The molecule has 4 heteroatoms. The van der Waals surface area contributed by atoms with Crippen LogP contribution < -0.4 is 10.2 Å². The van der Waals surface area contributed by atoms with Gasteiger partial charge in [-0.15, -0.1) is 0 Å². The highest BCUT2D eigenvalue weighted by molar-refractivity contribution is 5.98. The number of hydrogen-bond donors (Lipinski definition) is 2. The summed E-state index contributed by atoms with van der Waals surface area (Å²) in [6.07, 6.45) is 2.47. The highest BCUT2D eigenvalue weighted by Crippen LogP contribution is 2.20. The normalized spacial score (nSPS) is 18.1.